The average molecular weight is 354 g/mol. The monoisotopic (exact) mass is 354 g/mol. The highest BCUT2D eigenvalue weighted by Crippen LogP contribution is 2.42. The Morgan fingerprint density at radius 2 is 1.69 bits per heavy atom. The van der Waals surface area contributed by atoms with E-state index in [0.717, 1.165) is 22.6 Å². The second-order valence-corrected chi connectivity index (χ2v) is 5.91. The number of amides is 1. The van der Waals surface area contributed by atoms with E-state index in [1.165, 1.54) is 11.9 Å². The fraction of sp³-hybridized carbons (Fsp3) is 0.300. The van der Waals surface area contributed by atoms with Gasteiger partial charge in [-0.15, -0.1) is 0 Å². The Bertz CT molecular complexity index is 847. The molecule has 0 bridgehead atoms. The number of ether oxygens (including phenoxy) is 3. The summed E-state index contributed by atoms with van der Waals surface area (Å²) in [5, 5.41) is 6.08. The minimum atomic E-state index is -0.266. The number of methoxy groups -OCH3 is 3. The fourth-order valence-electron chi connectivity index (χ4n) is 3.26. The van der Waals surface area contributed by atoms with Crippen LogP contribution in [0.3, 0.4) is 0 Å². The van der Waals surface area contributed by atoms with Crippen molar-refractivity contribution in [2.45, 2.75) is 19.4 Å². The van der Waals surface area contributed by atoms with Crippen molar-refractivity contribution in [2.75, 3.05) is 21.3 Å². The van der Waals surface area contributed by atoms with E-state index >= 15 is 0 Å². The van der Waals surface area contributed by atoms with Gasteiger partial charge in [0.05, 0.1) is 33.1 Å². The van der Waals surface area contributed by atoms with Crippen LogP contribution >= 0.6 is 0 Å². The first-order chi connectivity index (χ1) is 12.6. The second-order valence-electron chi connectivity index (χ2n) is 5.91. The lowest BCUT2D eigenvalue weighted by molar-refractivity contribution is -0.130. The maximum atomic E-state index is 12.2. The van der Waals surface area contributed by atoms with Gasteiger partial charge in [-0.25, -0.2) is 5.01 Å². The second kappa shape index (κ2) is 7.47. The number of carbonyl (C=O) groups excluding carboxylic acids is 1. The Labute approximate surface area is 153 Å². The molecular weight excluding hydrogens is 332 g/mol. The van der Waals surface area contributed by atoms with Gasteiger partial charge in [0.2, 0.25) is 5.91 Å². The van der Waals surface area contributed by atoms with Gasteiger partial charge in [-0.1, -0.05) is 24.3 Å². The van der Waals surface area contributed by atoms with Crippen LogP contribution in [0.1, 0.15) is 30.5 Å². The molecule has 0 radical (unpaired) electrons. The molecule has 1 aliphatic rings. The largest absolute Gasteiger partial charge is 0.496 e. The standard InChI is InChI=1S/C20H22N2O4/c1-13(23)22-17(15-9-7-11-19(25-3)20(15)26-4)12-16(21-22)14-8-5-6-10-18(14)24-2/h5-11,17H,12H2,1-4H3/t17-/m0/s1. The van der Waals surface area contributed by atoms with Gasteiger partial charge in [0.15, 0.2) is 11.5 Å². The van der Waals surface area contributed by atoms with E-state index < -0.39 is 0 Å². The SMILES string of the molecule is COc1ccccc1C1=NN(C(C)=O)[C@H](c2cccc(OC)c2OC)C1. The van der Waals surface area contributed by atoms with Crippen molar-refractivity contribution in [2.24, 2.45) is 5.10 Å². The molecule has 0 N–H and O–H groups in total. The van der Waals surface area contributed by atoms with Crippen LogP contribution in [-0.2, 0) is 4.79 Å². The van der Waals surface area contributed by atoms with Gasteiger partial charge in [0, 0.05) is 24.5 Å². The molecule has 6 nitrogen and oxygen atoms in total. The molecule has 0 aromatic heterocycles. The Balaban J connectivity index is 2.05. The van der Waals surface area contributed by atoms with Crippen LogP contribution in [0.25, 0.3) is 0 Å². The number of hydrogen-bond donors (Lipinski definition) is 0. The van der Waals surface area contributed by atoms with Gasteiger partial charge >= 0.3 is 0 Å². The third-order valence-electron chi connectivity index (χ3n) is 4.44. The smallest absolute Gasteiger partial charge is 0.240 e. The van der Waals surface area contributed by atoms with Crippen LogP contribution < -0.4 is 14.2 Å². The van der Waals surface area contributed by atoms with Crippen LogP contribution in [0.2, 0.25) is 0 Å². The summed E-state index contributed by atoms with van der Waals surface area (Å²) in [6.45, 7) is 1.51. The molecule has 26 heavy (non-hydrogen) atoms. The van der Waals surface area contributed by atoms with E-state index in [9.17, 15) is 4.79 Å². The van der Waals surface area contributed by atoms with Crippen LogP contribution in [0.15, 0.2) is 47.6 Å². The minimum absolute atomic E-state index is 0.134. The Kier molecular flexibility index (Phi) is 5.11. The molecule has 0 saturated heterocycles. The van der Waals surface area contributed by atoms with Crippen molar-refractivity contribution in [3.8, 4) is 17.2 Å². The molecule has 2 aromatic carbocycles. The summed E-state index contributed by atoms with van der Waals surface area (Å²) < 4.78 is 16.4. The third-order valence-corrected chi connectivity index (χ3v) is 4.44. The predicted molar refractivity (Wildman–Crippen MR) is 99.0 cm³/mol. The van der Waals surface area contributed by atoms with Gasteiger partial charge in [0.25, 0.3) is 0 Å². The molecule has 0 fully saturated rings. The van der Waals surface area contributed by atoms with E-state index in [1.54, 1.807) is 21.3 Å². The van der Waals surface area contributed by atoms with Crippen molar-refractivity contribution in [1.29, 1.82) is 0 Å². The summed E-state index contributed by atoms with van der Waals surface area (Å²) >= 11 is 0. The number of carbonyl (C=O) groups is 1. The molecule has 136 valence electrons. The Morgan fingerprint density at radius 3 is 2.35 bits per heavy atom. The number of hydrogen-bond acceptors (Lipinski definition) is 5. The lowest BCUT2D eigenvalue weighted by Gasteiger charge is -2.23. The van der Waals surface area contributed by atoms with Crippen molar-refractivity contribution < 1.29 is 19.0 Å². The molecule has 0 saturated carbocycles. The van der Waals surface area contributed by atoms with E-state index in [2.05, 4.69) is 5.10 Å². The van der Waals surface area contributed by atoms with Crippen molar-refractivity contribution in [3.05, 3.63) is 53.6 Å². The van der Waals surface area contributed by atoms with Gasteiger partial charge in [-0.05, 0) is 18.2 Å². The topological polar surface area (TPSA) is 60.4 Å². The molecule has 0 spiro atoms. The van der Waals surface area contributed by atoms with Crippen LogP contribution in [0.4, 0.5) is 0 Å². The van der Waals surface area contributed by atoms with Crippen LogP contribution in [0, 0.1) is 0 Å². The maximum absolute atomic E-state index is 12.2. The van der Waals surface area contributed by atoms with Gasteiger partial charge in [-0.2, -0.15) is 5.10 Å². The lowest BCUT2D eigenvalue weighted by atomic mass is 9.97. The molecule has 2 aromatic rings. The first kappa shape index (κ1) is 17.8. The predicted octanol–water partition coefficient (Wildman–Crippen LogP) is 3.41. The highest BCUT2D eigenvalue weighted by atomic mass is 16.5. The minimum Gasteiger partial charge on any atom is -0.496 e. The van der Waals surface area contributed by atoms with E-state index in [4.69, 9.17) is 14.2 Å². The first-order valence-electron chi connectivity index (χ1n) is 8.32. The number of hydrazone groups is 1. The molecule has 0 aliphatic carbocycles. The van der Waals surface area contributed by atoms with Crippen LogP contribution in [0.5, 0.6) is 17.2 Å². The highest BCUT2D eigenvalue weighted by molar-refractivity contribution is 6.05. The zero-order valence-corrected chi connectivity index (χ0v) is 15.4. The maximum Gasteiger partial charge on any atom is 0.240 e. The molecule has 1 heterocycles. The summed E-state index contributed by atoms with van der Waals surface area (Å²) in [7, 11) is 4.81. The van der Waals surface area contributed by atoms with Crippen molar-refractivity contribution in [1.82, 2.24) is 5.01 Å². The van der Waals surface area contributed by atoms with Crippen molar-refractivity contribution in [3.63, 3.8) is 0 Å². The number of rotatable bonds is 5. The summed E-state index contributed by atoms with van der Waals surface area (Å²) in [5.41, 5.74) is 2.54. The van der Waals surface area contributed by atoms with Gasteiger partial charge in [-0.3, -0.25) is 4.79 Å². The number of benzene rings is 2. The normalized spacial score (nSPS) is 16.2. The van der Waals surface area contributed by atoms with Crippen molar-refractivity contribution >= 4 is 11.6 Å². The molecule has 6 heteroatoms. The Morgan fingerprint density at radius 1 is 1.00 bits per heavy atom. The average Bonchev–Trinajstić information content (AvgIpc) is 3.12. The quantitative estimate of drug-likeness (QED) is 0.826. The van der Waals surface area contributed by atoms with Gasteiger partial charge in [0.1, 0.15) is 5.75 Å². The Hall–Kier alpha value is -3.02. The first-order valence-corrected chi connectivity index (χ1v) is 8.32. The molecule has 1 aliphatic heterocycles. The van der Waals surface area contributed by atoms with E-state index in [-0.39, 0.29) is 11.9 Å². The molecular formula is C20H22N2O4. The lowest BCUT2D eigenvalue weighted by Crippen LogP contribution is -2.24. The van der Waals surface area contributed by atoms with Gasteiger partial charge < -0.3 is 14.2 Å². The summed E-state index contributed by atoms with van der Waals surface area (Å²) in [6.07, 6.45) is 0.559. The van der Waals surface area contributed by atoms with E-state index in [1.807, 2.05) is 42.5 Å². The summed E-state index contributed by atoms with van der Waals surface area (Å²) in [5.74, 6) is 1.83. The number of nitrogens with zero attached hydrogens (tertiary/aromatic N) is 2. The molecule has 1 amide bonds. The summed E-state index contributed by atoms with van der Waals surface area (Å²) in [6, 6.07) is 13.0. The molecule has 1 atom stereocenters. The highest BCUT2D eigenvalue weighted by Gasteiger charge is 2.34. The third kappa shape index (κ3) is 3.10. The number of para-hydroxylation sites is 2. The fourth-order valence-corrected chi connectivity index (χ4v) is 3.26. The zero-order valence-electron chi connectivity index (χ0n) is 15.4. The zero-order chi connectivity index (χ0) is 18.7. The van der Waals surface area contributed by atoms with E-state index in [0.29, 0.717) is 17.9 Å². The molecule has 3 rings (SSSR count). The summed E-state index contributed by atoms with van der Waals surface area (Å²) in [4.78, 5) is 12.2. The molecule has 0 unspecified atom stereocenters. The van der Waals surface area contributed by atoms with Crippen LogP contribution in [-0.4, -0.2) is 38.0 Å².